The average Bonchev–Trinajstić information content (AvgIpc) is 2.86. The number of rotatable bonds is 5. The SMILES string of the molecule is COc1ccc(OC)c(NCc2cc(C(F)(F)F)nn2C)c1. The van der Waals surface area contributed by atoms with Crippen LogP contribution in [0.4, 0.5) is 18.9 Å². The molecule has 2 rings (SSSR count). The second-order valence-electron chi connectivity index (χ2n) is 4.56. The van der Waals surface area contributed by atoms with Crippen molar-refractivity contribution in [1.82, 2.24) is 9.78 Å². The molecular weight excluding hydrogens is 299 g/mol. The molecule has 0 unspecified atom stereocenters. The average molecular weight is 315 g/mol. The van der Waals surface area contributed by atoms with Gasteiger partial charge in [-0.3, -0.25) is 4.68 Å². The first kappa shape index (κ1) is 16.0. The summed E-state index contributed by atoms with van der Waals surface area (Å²) in [6, 6.07) is 6.17. The number of alkyl halides is 3. The van der Waals surface area contributed by atoms with E-state index in [0.29, 0.717) is 22.9 Å². The summed E-state index contributed by atoms with van der Waals surface area (Å²) in [5.41, 5.74) is 0.109. The zero-order chi connectivity index (χ0) is 16.3. The molecule has 8 heteroatoms. The fraction of sp³-hybridized carbons (Fsp3) is 0.357. The van der Waals surface area contributed by atoms with E-state index >= 15 is 0 Å². The molecule has 1 aromatic heterocycles. The van der Waals surface area contributed by atoms with Crippen molar-refractivity contribution in [1.29, 1.82) is 0 Å². The van der Waals surface area contributed by atoms with Crippen molar-refractivity contribution in [2.24, 2.45) is 7.05 Å². The third-order valence-corrected chi connectivity index (χ3v) is 3.13. The standard InChI is InChI=1S/C14H16F3N3O2/c1-20-9(6-13(19-20)14(15,16)17)8-18-11-7-10(21-2)4-5-12(11)22-3/h4-7,18H,8H2,1-3H3. The normalized spacial score (nSPS) is 11.4. The molecule has 0 aliphatic carbocycles. The summed E-state index contributed by atoms with van der Waals surface area (Å²) in [6.45, 7) is 0.170. The molecule has 120 valence electrons. The summed E-state index contributed by atoms with van der Waals surface area (Å²) in [7, 11) is 4.51. The Bertz CT molecular complexity index is 653. The number of hydrogen-bond donors (Lipinski definition) is 1. The molecular formula is C14H16F3N3O2. The Morgan fingerprint density at radius 1 is 1.18 bits per heavy atom. The highest BCUT2D eigenvalue weighted by Gasteiger charge is 2.34. The molecule has 0 aliphatic heterocycles. The van der Waals surface area contributed by atoms with Crippen LogP contribution in [0.5, 0.6) is 11.5 Å². The van der Waals surface area contributed by atoms with Crippen LogP contribution in [-0.2, 0) is 19.8 Å². The second-order valence-corrected chi connectivity index (χ2v) is 4.56. The minimum atomic E-state index is -4.45. The molecule has 0 saturated heterocycles. The van der Waals surface area contributed by atoms with E-state index in [1.165, 1.54) is 25.9 Å². The molecule has 0 amide bonds. The van der Waals surface area contributed by atoms with Crippen LogP contribution < -0.4 is 14.8 Å². The van der Waals surface area contributed by atoms with E-state index in [2.05, 4.69) is 10.4 Å². The lowest BCUT2D eigenvalue weighted by Crippen LogP contribution is -2.07. The van der Waals surface area contributed by atoms with Crippen molar-refractivity contribution in [3.8, 4) is 11.5 Å². The Kier molecular flexibility index (Phi) is 4.48. The van der Waals surface area contributed by atoms with Gasteiger partial charge in [-0.05, 0) is 18.2 Å². The fourth-order valence-electron chi connectivity index (χ4n) is 1.95. The van der Waals surface area contributed by atoms with Gasteiger partial charge in [-0.25, -0.2) is 0 Å². The lowest BCUT2D eigenvalue weighted by Gasteiger charge is -2.12. The summed E-state index contributed by atoms with van der Waals surface area (Å²) in [5, 5.41) is 6.49. The Labute approximate surface area is 125 Å². The van der Waals surface area contributed by atoms with E-state index in [1.54, 1.807) is 18.2 Å². The van der Waals surface area contributed by atoms with Crippen LogP contribution in [0.25, 0.3) is 0 Å². The number of nitrogens with one attached hydrogen (secondary N) is 1. The Morgan fingerprint density at radius 3 is 2.45 bits per heavy atom. The van der Waals surface area contributed by atoms with Crippen molar-refractivity contribution in [3.05, 3.63) is 35.7 Å². The molecule has 2 aromatic rings. The molecule has 1 aromatic carbocycles. The highest BCUT2D eigenvalue weighted by Crippen LogP contribution is 2.31. The molecule has 0 aliphatic rings. The third kappa shape index (κ3) is 3.44. The van der Waals surface area contributed by atoms with Crippen LogP contribution in [0.15, 0.2) is 24.3 Å². The van der Waals surface area contributed by atoms with Crippen molar-refractivity contribution < 1.29 is 22.6 Å². The number of halogens is 3. The molecule has 0 atom stereocenters. The number of methoxy groups -OCH3 is 2. The van der Waals surface area contributed by atoms with Crippen LogP contribution in [0.2, 0.25) is 0 Å². The van der Waals surface area contributed by atoms with E-state index < -0.39 is 11.9 Å². The zero-order valence-corrected chi connectivity index (χ0v) is 12.4. The van der Waals surface area contributed by atoms with E-state index in [0.717, 1.165) is 6.07 Å². The summed E-state index contributed by atoms with van der Waals surface area (Å²) in [5.74, 6) is 1.18. The van der Waals surface area contributed by atoms with E-state index in [-0.39, 0.29) is 6.54 Å². The quantitative estimate of drug-likeness (QED) is 0.921. The first-order chi connectivity index (χ1) is 10.3. The van der Waals surface area contributed by atoms with Gasteiger partial charge in [0.25, 0.3) is 0 Å². The van der Waals surface area contributed by atoms with E-state index in [4.69, 9.17) is 9.47 Å². The number of aromatic nitrogens is 2. The Balaban J connectivity index is 2.18. The Morgan fingerprint density at radius 2 is 1.91 bits per heavy atom. The fourth-order valence-corrected chi connectivity index (χ4v) is 1.95. The molecule has 5 nitrogen and oxygen atoms in total. The summed E-state index contributed by atoms with van der Waals surface area (Å²) < 4.78 is 49.4. The van der Waals surface area contributed by atoms with Crippen LogP contribution in [0, 0.1) is 0 Å². The molecule has 22 heavy (non-hydrogen) atoms. The van der Waals surface area contributed by atoms with Gasteiger partial charge in [0, 0.05) is 13.1 Å². The van der Waals surface area contributed by atoms with E-state index in [9.17, 15) is 13.2 Å². The number of ether oxygens (including phenoxy) is 2. The maximum absolute atomic E-state index is 12.6. The second kappa shape index (κ2) is 6.17. The van der Waals surface area contributed by atoms with Crippen LogP contribution in [-0.4, -0.2) is 24.0 Å². The molecule has 0 saturated carbocycles. The smallest absolute Gasteiger partial charge is 0.435 e. The maximum atomic E-state index is 12.6. The maximum Gasteiger partial charge on any atom is 0.435 e. The Hall–Kier alpha value is -2.38. The van der Waals surface area contributed by atoms with Crippen LogP contribution >= 0.6 is 0 Å². The summed E-state index contributed by atoms with van der Waals surface area (Å²) >= 11 is 0. The van der Waals surface area contributed by atoms with Crippen molar-refractivity contribution in [2.75, 3.05) is 19.5 Å². The highest BCUT2D eigenvalue weighted by molar-refractivity contribution is 5.59. The number of anilines is 1. The number of nitrogens with zero attached hydrogens (tertiary/aromatic N) is 2. The van der Waals surface area contributed by atoms with Gasteiger partial charge < -0.3 is 14.8 Å². The number of hydrogen-bond acceptors (Lipinski definition) is 4. The van der Waals surface area contributed by atoms with Gasteiger partial charge in [-0.2, -0.15) is 18.3 Å². The van der Waals surface area contributed by atoms with Gasteiger partial charge in [0.1, 0.15) is 11.5 Å². The van der Waals surface area contributed by atoms with Crippen LogP contribution in [0.3, 0.4) is 0 Å². The van der Waals surface area contributed by atoms with Gasteiger partial charge in [0.15, 0.2) is 5.69 Å². The molecule has 1 N–H and O–H groups in total. The minimum absolute atomic E-state index is 0.170. The third-order valence-electron chi connectivity index (χ3n) is 3.13. The minimum Gasteiger partial charge on any atom is -0.497 e. The molecule has 0 radical (unpaired) electrons. The topological polar surface area (TPSA) is 48.3 Å². The van der Waals surface area contributed by atoms with Gasteiger partial charge in [0.2, 0.25) is 0 Å². The first-order valence-corrected chi connectivity index (χ1v) is 6.41. The molecule has 0 spiro atoms. The van der Waals surface area contributed by atoms with Crippen LogP contribution in [0.1, 0.15) is 11.4 Å². The van der Waals surface area contributed by atoms with Gasteiger partial charge in [-0.1, -0.05) is 0 Å². The van der Waals surface area contributed by atoms with E-state index in [1.807, 2.05) is 0 Å². The van der Waals surface area contributed by atoms with Gasteiger partial charge in [-0.15, -0.1) is 0 Å². The highest BCUT2D eigenvalue weighted by atomic mass is 19.4. The summed E-state index contributed by atoms with van der Waals surface area (Å²) in [4.78, 5) is 0. The van der Waals surface area contributed by atoms with Gasteiger partial charge in [0.05, 0.1) is 32.1 Å². The molecule has 1 heterocycles. The van der Waals surface area contributed by atoms with Crippen molar-refractivity contribution in [3.63, 3.8) is 0 Å². The predicted octanol–water partition coefficient (Wildman–Crippen LogP) is 3.07. The number of aryl methyl sites for hydroxylation is 1. The largest absolute Gasteiger partial charge is 0.497 e. The van der Waals surface area contributed by atoms with Crippen molar-refractivity contribution >= 4 is 5.69 Å². The van der Waals surface area contributed by atoms with Gasteiger partial charge >= 0.3 is 6.18 Å². The lowest BCUT2D eigenvalue weighted by molar-refractivity contribution is -0.141. The predicted molar refractivity (Wildman–Crippen MR) is 75.1 cm³/mol. The number of benzene rings is 1. The molecule has 0 fully saturated rings. The summed E-state index contributed by atoms with van der Waals surface area (Å²) in [6.07, 6.45) is -4.45. The monoisotopic (exact) mass is 315 g/mol. The first-order valence-electron chi connectivity index (χ1n) is 6.41. The zero-order valence-electron chi connectivity index (χ0n) is 12.4. The van der Waals surface area contributed by atoms with Crippen molar-refractivity contribution in [2.45, 2.75) is 12.7 Å². The lowest BCUT2D eigenvalue weighted by atomic mass is 10.2. The molecule has 0 bridgehead atoms.